The Morgan fingerprint density at radius 1 is 0.256 bits per heavy atom. The Balaban J connectivity index is 4.12. The Labute approximate surface area is 510 Å². The van der Waals surface area contributed by atoms with Crippen LogP contribution < -0.4 is 0 Å². The Morgan fingerprint density at radius 2 is 0.500 bits per heavy atom. The highest BCUT2D eigenvalue weighted by atomic mass is 16.6. The van der Waals surface area contributed by atoms with Crippen molar-refractivity contribution in [1.29, 1.82) is 0 Å². The fraction of sp³-hybridized carbons (Fsp3) is 0.803. The van der Waals surface area contributed by atoms with E-state index in [9.17, 15) is 14.4 Å². The first-order valence-electron chi connectivity index (χ1n) is 35.9. The maximum atomic E-state index is 12.9. The van der Waals surface area contributed by atoms with E-state index >= 15 is 0 Å². The number of allylic oxidation sites excluding steroid dienone is 12. The lowest BCUT2D eigenvalue weighted by Gasteiger charge is -2.18. The van der Waals surface area contributed by atoms with Gasteiger partial charge in [-0.3, -0.25) is 14.4 Å². The molecule has 476 valence electrons. The lowest BCUT2D eigenvalue weighted by atomic mass is 10.0. The van der Waals surface area contributed by atoms with Crippen LogP contribution in [-0.2, 0) is 28.6 Å². The van der Waals surface area contributed by atoms with Crippen molar-refractivity contribution in [3.8, 4) is 0 Å². The van der Waals surface area contributed by atoms with Crippen LogP contribution in [0.3, 0.4) is 0 Å². The van der Waals surface area contributed by atoms with Crippen molar-refractivity contribution in [3.05, 3.63) is 72.9 Å². The number of esters is 3. The topological polar surface area (TPSA) is 78.9 Å². The zero-order valence-electron chi connectivity index (χ0n) is 54.8. The van der Waals surface area contributed by atoms with Gasteiger partial charge in [-0.25, -0.2) is 0 Å². The second-order valence-corrected chi connectivity index (χ2v) is 24.1. The molecule has 0 aliphatic carbocycles. The molecule has 6 nitrogen and oxygen atoms in total. The average molecular weight is 1150 g/mol. The van der Waals surface area contributed by atoms with Crippen molar-refractivity contribution < 1.29 is 28.6 Å². The number of carbonyl (C=O) groups excluding carboxylic acids is 3. The molecule has 0 N–H and O–H groups in total. The third kappa shape index (κ3) is 67.6. The van der Waals surface area contributed by atoms with Crippen molar-refractivity contribution in [1.82, 2.24) is 0 Å². The van der Waals surface area contributed by atoms with E-state index in [1.807, 2.05) is 0 Å². The third-order valence-electron chi connectivity index (χ3n) is 15.9. The maximum absolute atomic E-state index is 12.9. The van der Waals surface area contributed by atoms with E-state index < -0.39 is 6.10 Å². The number of carbonyl (C=O) groups is 3. The quantitative estimate of drug-likeness (QED) is 0.0261. The Morgan fingerprint density at radius 3 is 0.805 bits per heavy atom. The highest BCUT2D eigenvalue weighted by Crippen LogP contribution is 2.18. The fourth-order valence-corrected chi connectivity index (χ4v) is 10.6. The first kappa shape index (κ1) is 78.8. The molecular weight excluding hydrogens is 1010 g/mol. The molecule has 0 amide bonds. The molecule has 0 spiro atoms. The molecular formula is C76H136O6. The predicted molar refractivity (Wildman–Crippen MR) is 358 cm³/mol. The third-order valence-corrected chi connectivity index (χ3v) is 15.9. The van der Waals surface area contributed by atoms with Crippen LogP contribution in [0.5, 0.6) is 0 Å². The summed E-state index contributed by atoms with van der Waals surface area (Å²) in [5.74, 6) is -0.864. The van der Waals surface area contributed by atoms with Crippen LogP contribution in [-0.4, -0.2) is 37.2 Å². The number of hydrogen-bond donors (Lipinski definition) is 0. The number of unbranched alkanes of at least 4 members (excludes halogenated alkanes) is 43. The van der Waals surface area contributed by atoms with Crippen molar-refractivity contribution in [2.24, 2.45) is 0 Å². The van der Waals surface area contributed by atoms with Gasteiger partial charge in [-0.05, 0) is 103 Å². The minimum absolute atomic E-state index is 0.0738. The van der Waals surface area contributed by atoms with Crippen molar-refractivity contribution in [2.75, 3.05) is 13.2 Å². The monoisotopic (exact) mass is 1150 g/mol. The molecule has 0 aliphatic rings. The van der Waals surface area contributed by atoms with E-state index in [0.717, 1.165) is 96.3 Å². The number of ether oxygens (including phenoxy) is 3. The Hall–Kier alpha value is -3.15. The molecule has 0 heterocycles. The van der Waals surface area contributed by atoms with E-state index in [0.29, 0.717) is 19.3 Å². The fourth-order valence-electron chi connectivity index (χ4n) is 10.6. The summed E-state index contributed by atoms with van der Waals surface area (Å²) in [4.78, 5) is 38.3. The summed E-state index contributed by atoms with van der Waals surface area (Å²) in [6.45, 7) is 6.51. The van der Waals surface area contributed by atoms with Gasteiger partial charge in [0.2, 0.25) is 0 Å². The van der Waals surface area contributed by atoms with Gasteiger partial charge in [0.1, 0.15) is 13.2 Å². The van der Waals surface area contributed by atoms with Gasteiger partial charge in [0.25, 0.3) is 0 Å². The molecule has 0 saturated carbocycles. The van der Waals surface area contributed by atoms with E-state index in [-0.39, 0.29) is 31.1 Å². The molecule has 0 aromatic carbocycles. The molecule has 0 fully saturated rings. The van der Waals surface area contributed by atoms with Crippen LogP contribution in [0.4, 0.5) is 0 Å². The summed E-state index contributed by atoms with van der Waals surface area (Å²) in [5.41, 5.74) is 0. The van der Waals surface area contributed by atoms with Gasteiger partial charge in [0.05, 0.1) is 0 Å². The highest BCUT2D eigenvalue weighted by molar-refractivity contribution is 5.71. The van der Waals surface area contributed by atoms with Crippen molar-refractivity contribution in [2.45, 2.75) is 380 Å². The van der Waals surface area contributed by atoms with Crippen molar-refractivity contribution >= 4 is 17.9 Å². The van der Waals surface area contributed by atoms with Gasteiger partial charge in [-0.15, -0.1) is 0 Å². The standard InChI is InChI=1S/C76H136O6/c1-4-7-10-13-16-19-22-24-26-28-30-32-34-35-36-37-38-39-40-41-43-44-46-48-50-52-54-57-60-63-66-69-75(78)81-72-73(71-80-74(77)68-65-62-59-56-21-18-15-12-9-6-3)82-76(79)70-67-64-61-58-55-53-51-49-47-45-42-33-31-29-27-25-23-20-17-14-11-8-5-2/h7,10,12,15-16,19,24,26,29-32,73H,4-6,8-9,11,13-14,17-18,20-23,25,27-28,33-72H2,1-3H3/b10-7-,15-12-,19-16-,26-24-,31-29-,32-30-. The SMILES string of the molecule is CC/C=C\C/C=C\C/C=C\C/C=C\CCCCCCCCCCCCCCCCCCCCC(=O)OCC(COC(=O)CCCCCCC/C=C\CCC)OC(=O)CCCCCCCCCCCCC/C=C\CCCCCCCCCC. The molecule has 0 radical (unpaired) electrons. The number of hydrogen-bond acceptors (Lipinski definition) is 6. The molecule has 0 aliphatic heterocycles. The van der Waals surface area contributed by atoms with Crippen LogP contribution >= 0.6 is 0 Å². The lowest BCUT2D eigenvalue weighted by Crippen LogP contribution is -2.30. The van der Waals surface area contributed by atoms with Crippen LogP contribution in [0.2, 0.25) is 0 Å². The predicted octanol–water partition coefficient (Wildman–Crippen LogP) is 24.8. The van der Waals surface area contributed by atoms with Gasteiger partial charge < -0.3 is 14.2 Å². The molecule has 6 heteroatoms. The molecule has 82 heavy (non-hydrogen) atoms. The van der Waals surface area contributed by atoms with Gasteiger partial charge >= 0.3 is 17.9 Å². The first-order chi connectivity index (χ1) is 40.5. The molecule has 0 rings (SSSR count). The summed E-state index contributed by atoms with van der Waals surface area (Å²) < 4.78 is 16.9. The molecule has 1 unspecified atom stereocenters. The molecule has 0 aromatic heterocycles. The van der Waals surface area contributed by atoms with E-state index in [1.165, 1.54) is 238 Å². The molecule has 0 bridgehead atoms. The minimum Gasteiger partial charge on any atom is -0.462 e. The second kappa shape index (κ2) is 70.3. The van der Waals surface area contributed by atoms with Crippen molar-refractivity contribution in [3.63, 3.8) is 0 Å². The first-order valence-corrected chi connectivity index (χ1v) is 35.9. The highest BCUT2D eigenvalue weighted by Gasteiger charge is 2.19. The van der Waals surface area contributed by atoms with E-state index in [4.69, 9.17) is 14.2 Å². The normalized spacial score (nSPS) is 12.5. The maximum Gasteiger partial charge on any atom is 0.306 e. The van der Waals surface area contributed by atoms with Crippen LogP contribution in [0.25, 0.3) is 0 Å². The Kier molecular flexibility index (Phi) is 67.6. The molecule has 1 atom stereocenters. The minimum atomic E-state index is -0.777. The summed E-state index contributed by atoms with van der Waals surface area (Å²) in [7, 11) is 0. The van der Waals surface area contributed by atoms with Gasteiger partial charge in [-0.2, -0.15) is 0 Å². The number of rotatable bonds is 66. The summed E-state index contributed by atoms with van der Waals surface area (Å²) >= 11 is 0. The van der Waals surface area contributed by atoms with Gasteiger partial charge in [0, 0.05) is 19.3 Å². The molecule has 0 aromatic rings. The van der Waals surface area contributed by atoms with Crippen LogP contribution in [0, 0.1) is 0 Å². The van der Waals surface area contributed by atoms with Crippen LogP contribution in [0.15, 0.2) is 72.9 Å². The van der Waals surface area contributed by atoms with E-state index in [2.05, 4.69) is 93.7 Å². The summed E-state index contributed by atoms with van der Waals surface area (Å²) in [6.07, 6.45) is 92.4. The zero-order chi connectivity index (χ0) is 59.2. The summed E-state index contributed by atoms with van der Waals surface area (Å²) in [6, 6.07) is 0. The summed E-state index contributed by atoms with van der Waals surface area (Å²) in [5, 5.41) is 0. The van der Waals surface area contributed by atoms with Gasteiger partial charge in [-0.1, -0.05) is 325 Å². The lowest BCUT2D eigenvalue weighted by molar-refractivity contribution is -0.167. The van der Waals surface area contributed by atoms with E-state index in [1.54, 1.807) is 0 Å². The largest absolute Gasteiger partial charge is 0.462 e. The molecule has 0 saturated heterocycles. The zero-order valence-corrected chi connectivity index (χ0v) is 54.8. The Bertz CT molecular complexity index is 1500. The van der Waals surface area contributed by atoms with Crippen LogP contribution in [0.1, 0.15) is 374 Å². The second-order valence-electron chi connectivity index (χ2n) is 24.1. The average Bonchev–Trinajstić information content (AvgIpc) is 3.47. The van der Waals surface area contributed by atoms with Gasteiger partial charge in [0.15, 0.2) is 6.10 Å². The smallest absolute Gasteiger partial charge is 0.306 e.